The van der Waals surface area contributed by atoms with E-state index in [9.17, 15) is 0 Å². The highest BCUT2D eigenvalue weighted by Crippen LogP contribution is 2.21. The lowest BCUT2D eigenvalue weighted by atomic mass is 10.2. The van der Waals surface area contributed by atoms with Crippen molar-refractivity contribution in [3.8, 4) is 0 Å². The van der Waals surface area contributed by atoms with E-state index in [0.717, 1.165) is 0 Å². The molecular formula is C13H29S2. The fourth-order valence-corrected chi connectivity index (χ4v) is 3.11. The lowest BCUT2D eigenvalue weighted by Gasteiger charge is -1.93. The summed E-state index contributed by atoms with van der Waals surface area (Å²) in [6, 6.07) is 0. The van der Waals surface area contributed by atoms with E-state index < -0.39 is 0 Å². The molecule has 0 nitrogen and oxygen atoms in total. The summed E-state index contributed by atoms with van der Waals surface area (Å²) < 4.78 is 0. The predicted octanol–water partition coefficient (Wildman–Crippen LogP) is 5.98. The number of hydrogen-bond donors (Lipinski definition) is 0. The van der Waals surface area contributed by atoms with Crippen LogP contribution in [0.3, 0.4) is 0 Å². The summed E-state index contributed by atoms with van der Waals surface area (Å²) in [7, 11) is 3.99. The van der Waals surface area contributed by atoms with Gasteiger partial charge in [-0.2, -0.15) is 0 Å². The van der Waals surface area contributed by atoms with E-state index in [1.54, 1.807) is 0 Å². The van der Waals surface area contributed by atoms with E-state index in [2.05, 4.69) is 34.1 Å². The molecule has 0 aromatic carbocycles. The second-order valence-electron chi connectivity index (χ2n) is 3.48. The molecule has 0 saturated heterocycles. The van der Waals surface area contributed by atoms with Gasteiger partial charge in [0.25, 0.3) is 0 Å². The summed E-state index contributed by atoms with van der Waals surface area (Å²) in [6.45, 7) is 8.86. The summed E-state index contributed by atoms with van der Waals surface area (Å²) in [5.74, 6) is 2.62. The highest BCUT2D eigenvalue weighted by molar-refractivity contribution is 8.76. The quantitative estimate of drug-likeness (QED) is 0.364. The molecule has 2 heteroatoms. The molecule has 0 aromatic heterocycles. The molecule has 0 aliphatic carbocycles. The van der Waals surface area contributed by atoms with Gasteiger partial charge in [0.05, 0.1) is 0 Å². The molecule has 0 heterocycles. The van der Waals surface area contributed by atoms with E-state index in [-0.39, 0.29) is 0 Å². The molecule has 0 aliphatic heterocycles. The lowest BCUT2D eigenvalue weighted by molar-refractivity contribution is 0.761. The maximum Gasteiger partial charge on any atom is 0.00343 e. The van der Waals surface area contributed by atoms with E-state index in [4.69, 9.17) is 0 Å². The van der Waals surface area contributed by atoms with Gasteiger partial charge in [-0.05, 0) is 19.3 Å². The van der Waals surface area contributed by atoms with Crippen LogP contribution in [0.4, 0.5) is 0 Å². The first kappa shape index (κ1) is 18.1. The average Bonchev–Trinajstić information content (AvgIpc) is 2.26. The van der Waals surface area contributed by atoms with Crippen molar-refractivity contribution >= 4 is 21.6 Å². The lowest BCUT2D eigenvalue weighted by Crippen LogP contribution is -1.72. The Hall–Kier alpha value is 0.700. The highest BCUT2D eigenvalue weighted by atomic mass is 33.1. The third-order valence-corrected chi connectivity index (χ3v) is 4.53. The van der Waals surface area contributed by atoms with E-state index in [1.165, 1.54) is 50.0 Å². The van der Waals surface area contributed by atoms with Gasteiger partial charge in [0, 0.05) is 11.5 Å². The minimum atomic E-state index is 1.24. The molecule has 93 valence electrons. The van der Waals surface area contributed by atoms with E-state index >= 15 is 0 Å². The molecule has 1 radical (unpaired) electrons. The Balaban J connectivity index is 0. The van der Waals surface area contributed by atoms with Crippen LogP contribution in [-0.2, 0) is 0 Å². The molecule has 0 unspecified atom stereocenters. The summed E-state index contributed by atoms with van der Waals surface area (Å²) in [5, 5.41) is 0. The molecule has 0 fully saturated rings. The second kappa shape index (κ2) is 20.2. The SMILES string of the molecule is CCCSSCCC.CC[CH]CCCC. The van der Waals surface area contributed by atoms with Crippen molar-refractivity contribution in [2.75, 3.05) is 11.5 Å². The second-order valence-corrected chi connectivity index (χ2v) is 6.19. The normalized spacial score (nSPS) is 9.60. The van der Waals surface area contributed by atoms with Crippen LogP contribution in [0.5, 0.6) is 0 Å². The Kier molecular flexibility index (Phi) is 24.3. The summed E-state index contributed by atoms with van der Waals surface area (Å²) in [5.41, 5.74) is 0. The number of unbranched alkanes of at least 4 members (excludes halogenated alkanes) is 4. The van der Waals surface area contributed by atoms with Crippen LogP contribution >= 0.6 is 21.6 Å². The van der Waals surface area contributed by atoms with Gasteiger partial charge in [0.1, 0.15) is 0 Å². The van der Waals surface area contributed by atoms with Gasteiger partial charge in [-0.3, -0.25) is 0 Å². The minimum Gasteiger partial charge on any atom is -0.0942 e. The molecule has 0 aliphatic rings. The average molecular weight is 250 g/mol. The van der Waals surface area contributed by atoms with Crippen molar-refractivity contribution in [1.82, 2.24) is 0 Å². The third kappa shape index (κ3) is 25.2. The molecular weight excluding hydrogens is 220 g/mol. The fourth-order valence-electron chi connectivity index (χ4n) is 0.837. The summed E-state index contributed by atoms with van der Waals surface area (Å²) in [6.07, 6.45) is 10.2. The molecule has 0 aromatic rings. The molecule has 0 spiro atoms. The van der Waals surface area contributed by atoms with Crippen molar-refractivity contribution in [2.24, 2.45) is 0 Å². The number of hydrogen-bond acceptors (Lipinski definition) is 2. The smallest absolute Gasteiger partial charge is 0.00343 e. The van der Waals surface area contributed by atoms with Crippen molar-refractivity contribution in [3.05, 3.63) is 6.42 Å². The first-order valence-electron chi connectivity index (χ1n) is 6.39. The van der Waals surface area contributed by atoms with Gasteiger partial charge in [0.2, 0.25) is 0 Å². The molecule has 0 bridgehead atoms. The molecule has 0 saturated carbocycles. The Labute approximate surface area is 106 Å². The van der Waals surface area contributed by atoms with Gasteiger partial charge in [-0.25, -0.2) is 0 Å². The monoisotopic (exact) mass is 249 g/mol. The topological polar surface area (TPSA) is 0 Å². The third-order valence-electron chi connectivity index (χ3n) is 1.71. The Morgan fingerprint density at radius 3 is 1.67 bits per heavy atom. The fraction of sp³-hybridized carbons (Fsp3) is 0.923. The molecule has 0 amide bonds. The van der Waals surface area contributed by atoms with Crippen LogP contribution in [0.2, 0.25) is 0 Å². The van der Waals surface area contributed by atoms with Crippen molar-refractivity contribution in [3.63, 3.8) is 0 Å². The highest BCUT2D eigenvalue weighted by Gasteiger charge is 1.83. The molecule has 0 rings (SSSR count). The maximum atomic E-state index is 2.34. The predicted molar refractivity (Wildman–Crippen MR) is 79.6 cm³/mol. The maximum absolute atomic E-state index is 2.34. The van der Waals surface area contributed by atoms with Crippen LogP contribution in [0, 0.1) is 6.42 Å². The minimum absolute atomic E-state index is 1.24. The van der Waals surface area contributed by atoms with Crippen LogP contribution in [0.15, 0.2) is 0 Å². The van der Waals surface area contributed by atoms with Crippen molar-refractivity contribution < 1.29 is 0 Å². The molecule has 0 N–H and O–H groups in total. The summed E-state index contributed by atoms with van der Waals surface area (Å²) in [4.78, 5) is 0. The van der Waals surface area contributed by atoms with Gasteiger partial charge in [0.15, 0.2) is 0 Å². The van der Waals surface area contributed by atoms with Crippen LogP contribution in [-0.4, -0.2) is 11.5 Å². The zero-order valence-electron chi connectivity index (χ0n) is 11.1. The first-order valence-corrected chi connectivity index (χ1v) is 8.88. The zero-order valence-corrected chi connectivity index (χ0v) is 12.7. The van der Waals surface area contributed by atoms with Crippen LogP contribution in [0.25, 0.3) is 0 Å². The van der Waals surface area contributed by atoms with Crippen LogP contribution in [0.1, 0.15) is 66.2 Å². The first-order chi connectivity index (χ1) is 7.33. The molecule has 0 atom stereocenters. The Bertz CT molecular complexity index is 74.6. The van der Waals surface area contributed by atoms with Crippen LogP contribution < -0.4 is 0 Å². The van der Waals surface area contributed by atoms with Crippen molar-refractivity contribution in [1.29, 1.82) is 0 Å². The largest absolute Gasteiger partial charge is 0.0942 e. The van der Waals surface area contributed by atoms with Gasteiger partial charge >= 0.3 is 0 Å². The van der Waals surface area contributed by atoms with Gasteiger partial charge in [-0.1, -0.05) is 75.0 Å². The van der Waals surface area contributed by atoms with Gasteiger partial charge in [-0.15, -0.1) is 0 Å². The Morgan fingerprint density at radius 2 is 1.33 bits per heavy atom. The number of rotatable bonds is 9. The molecule has 15 heavy (non-hydrogen) atoms. The Morgan fingerprint density at radius 1 is 0.800 bits per heavy atom. The van der Waals surface area contributed by atoms with Gasteiger partial charge < -0.3 is 0 Å². The van der Waals surface area contributed by atoms with E-state index in [0.29, 0.717) is 0 Å². The van der Waals surface area contributed by atoms with Crippen molar-refractivity contribution in [2.45, 2.75) is 66.2 Å². The zero-order chi connectivity index (χ0) is 11.8. The summed E-state index contributed by atoms with van der Waals surface area (Å²) >= 11 is 0. The van der Waals surface area contributed by atoms with E-state index in [1.807, 2.05) is 21.6 Å². The standard InChI is InChI=1S/C7H15.C6H14S2/c1-3-5-7-6-4-2;1-3-5-7-8-6-4-2/h5H,3-4,6-7H2,1-2H3;3-6H2,1-2H3.